The van der Waals surface area contributed by atoms with E-state index in [1.54, 1.807) is 23.7 Å². The Hall–Kier alpha value is -2.52. The Kier molecular flexibility index (Phi) is 3.69. The second-order valence-electron chi connectivity index (χ2n) is 5.36. The van der Waals surface area contributed by atoms with Crippen molar-refractivity contribution in [2.45, 2.75) is 4.90 Å². The van der Waals surface area contributed by atoms with Gasteiger partial charge in [-0.25, -0.2) is 0 Å². The zero-order valence-corrected chi connectivity index (χ0v) is 15.1. The molecule has 0 unspecified atom stereocenters. The van der Waals surface area contributed by atoms with E-state index < -0.39 is 10.0 Å². The smallest absolute Gasteiger partial charge is 0.285 e. The zero-order chi connectivity index (χ0) is 17.6. The zero-order valence-electron chi connectivity index (χ0n) is 13.4. The molecule has 1 aromatic heterocycles. The second-order valence-corrected chi connectivity index (χ2v) is 7.97. The lowest BCUT2D eigenvalue weighted by Gasteiger charge is -2.01. The molecule has 4 rings (SSSR count). The van der Waals surface area contributed by atoms with Crippen LogP contribution in [0.3, 0.4) is 0 Å². The van der Waals surface area contributed by atoms with Crippen LogP contribution in [0.4, 0.5) is 0 Å². The number of aromatic nitrogens is 1. The molecule has 130 valence electrons. The molecule has 0 bridgehead atoms. The summed E-state index contributed by atoms with van der Waals surface area (Å²) in [7, 11) is -0.533. The van der Waals surface area contributed by atoms with Gasteiger partial charge in [-0.1, -0.05) is 11.3 Å². The van der Waals surface area contributed by atoms with Crippen LogP contribution in [0.15, 0.2) is 45.7 Å². The summed E-state index contributed by atoms with van der Waals surface area (Å²) < 4.78 is 47.5. The van der Waals surface area contributed by atoms with E-state index in [4.69, 9.17) is 14.2 Å². The molecule has 7 nitrogen and oxygen atoms in total. The fraction of sp³-hybridized carbons (Fsp3) is 0.188. The van der Waals surface area contributed by atoms with Crippen LogP contribution in [0, 0.1) is 0 Å². The van der Waals surface area contributed by atoms with Gasteiger partial charge in [0, 0.05) is 19.2 Å². The first kappa shape index (κ1) is 16.0. The highest BCUT2D eigenvalue weighted by molar-refractivity contribution is 7.90. The number of hydrogen-bond acceptors (Lipinski definition) is 6. The molecule has 1 aliphatic rings. The van der Waals surface area contributed by atoms with Gasteiger partial charge in [0.25, 0.3) is 10.0 Å². The highest BCUT2D eigenvalue weighted by atomic mass is 32.2. The van der Waals surface area contributed by atoms with E-state index in [0.717, 1.165) is 10.2 Å². The third-order valence-corrected chi connectivity index (χ3v) is 6.35. The van der Waals surface area contributed by atoms with Crippen LogP contribution in [-0.4, -0.2) is 26.9 Å². The summed E-state index contributed by atoms with van der Waals surface area (Å²) in [4.78, 5) is 0.481. The van der Waals surface area contributed by atoms with Gasteiger partial charge in [0.05, 0.1) is 22.2 Å². The standard InChI is InChI=1S/C16H14N2O5S2/c1-18-12-7-13-14(23-9-22-13)8-15(12)24-16(18)17-25(19,20)11-5-3-10(21-2)4-6-11/h3-8H,9H2,1-2H3/b17-16-. The maximum Gasteiger partial charge on any atom is 0.285 e. The Bertz CT molecular complexity index is 1130. The summed E-state index contributed by atoms with van der Waals surface area (Å²) in [5, 5.41) is 0. The van der Waals surface area contributed by atoms with Crippen LogP contribution in [0.1, 0.15) is 0 Å². The molecule has 0 atom stereocenters. The van der Waals surface area contributed by atoms with Gasteiger partial charge in [-0.2, -0.15) is 8.42 Å². The number of sulfonamides is 1. The van der Waals surface area contributed by atoms with Gasteiger partial charge < -0.3 is 18.8 Å². The number of benzene rings is 2. The first-order valence-corrected chi connectivity index (χ1v) is 9.58. The van der Waals surface area contributed by atoms with E-state index in [0.29, 0.717) is 22.0 Å². The summed E-state index contributed by atoms with van der Waals surface area (Å²) in [6, 6.07) is 9.79. The Morgan fingerprint density at radius 1 is 1.16 bits per heavy atom. The summed E-state index contributed by atoms with van der Waals surface area (Å²) in [5.41, 5.74) is 0.831. The first-order valence-electron chi connectivity index (χ1n) is 7.32. The molecule has 1 aliphatic heterocycles. The number of nitrogens with zero attached hydrogens (tertiary/aromatic N) is 2. The molecule has 0 radical (unpaired) electrons. The molecular formula is C16H14N2O5S2. The SMILES string of the molecule is COc1ccc(S(=O)(=O)/N=c2\sc3cc4c(cc3n2C)OCO4)cc1. The molecule has 9 heteroatoms. The average Bonchev–Trinajstić information content (AvgIpc) is 3.17. The van der Waals surface area contributed by atoms with E-state index in [2.05, 4.69) is 4.40 Å². The number of ether oxygens (including phenoxy) is 3. The minimum atomic E-state index is -3.82. The van der Waals surface area contributed by atoms with Gasteiger partial charge in [-0.05, 0) is 24.3 Å². The molecular weight excluding hydrogens is 364 g/mol. The fourth-order valence-electron chi connectivity index (χ4n) is 2.51. The molecule has 0 saturated heterocycles. The Labute approximate surface area is 147 Å². The van der Waals surface area contributed by atoms with Crippen molar-refractivity contribution >= 4 is 31.6 Å². The summed E-state index contributed by atoms with van der Waals surface area (Å²) >= 11 is 1.28. The van der Waals surface area contributed by atoms with Gasteiger partial charge in [0.2, 0.25) is 11.6 Å². The number of hydrogen-bond donors (Lipinski definition) is 0. The van der Waals surface area contributed by atoms with Crippen LogP contribution in [0.5, 0.6) is 17.2 Å². The van der Waals surface area contributed by atoms with Crippen LogP contribution >= 0.6 is 11.3 Å². The predicted octanol–water partition coefficient (Wildman–Crippen LogP) is 2.27. The van der Waals surface area contributed by atoms with Gasteiger partial charge in [0.15, 0.2) is 11.5 Å². The van der Waals surface area contributed by atoms with E-state index in [1.807, 2.05) is 12.1 Å². The van der Waals surface area contributed by atoms with Crippen molar-refractivity contribution in [3.8, 4) is 17.2 Å². The second kappa shape index (κ2) is 5.78. The van der Waals surface area contributed by atoms with Crippen molar-refractivity contribution in [2.75, 3.05) is 13.9 Å². The van der Waals surface area contributed by atoms with Crippen LogP contribution in [-0.2, 0) is 17.1 Å². The molecule has 0 aliphatic carbocycles. The van der Waals surface area contributed by atoms with E-state index in [-0.39, 0.29) is 11.7 Å². The predicted molar refractivity (Wildman–Crippen MR) is 92.7 cm³/mol. The summed E-state index contributed by atoms with van der Waals surface area (Å²) in [6.45, 7) is 0.194. The summed E-state index contributed by atoms with van der Waals surface area (Å²) in [5.74, 6) is 1.88. The monoisotopic (exact) mass is 378 g/mol. The number of thiazole rings is 1. The third kappa shape index (κ3) is 2.75. The quantitative estimate of drug-likeness (QED) is 0.699. The van der Waals surface area contributed by atoms with Gasteiger partial charge >= 0.3 is 0 Å². The molecule has 0 N–H and O–H groups in total. The maximum absolute atomic E-state index is 12.6. The fourth-order valence-corrected chi connectivity index (χ4v) is 4.76. The lowest BCUT2D eigenvalue weighted by atomic mass is 10.3. The Morgan fingerprint density at radius 2 is 1.84 bits per heavy atom. The summed E-state index contributed by atoms with van der Waals surface area (Å²) in [6.07, 6.45) is 0. The van der Waals surface area contributed by atoms with Crippen LogP contribution in [0.25, 0.3) is 10.2 Å². The largest absolute Gasteiger partial charge is 0.497 e. The number of aryl methyl sites for hydroxylation is 1. The Morgan fingerprint density at radius 3 is 2.52 bits per heavy atom. The average molecular weight is 378 g/mol. The molecule has 25 heavy (non-hydrogen) atoms. The topological polar surface area (TPSA) is 79.1 Å². The van der Waals surface area contributed by atoms with E-state index in [1.165, 1.54) is 30.6 Å². The minimum Gasteiger partial charge on any atom is -0.497 e. The molecule has 0 amide bonds. The van der Waals surface area contributed by atoms with Crippen LogP contribution in [0.2, 0.25) is 0 Å². The van der Waals surface area contributed by atoms with E-state index in [9.17, 15) is 8.42 Å². The van der Waals surface area contributed by atoms with E-state index >= 15 is 0 Å². The van der Waals surface area contributed by atoms with Crippen molar-refractivity contribution in [1.29, 1.82) is 0 Å². The maximum atomic E-state index is 12.6. The number of methoxy groups -OCH3 is 1. The molecule has 2 heterocycles. The van der Waals surface area contributed by atoms with Gasteiger partial charge in [0.1, 0.15) is 5.75 Å². The van der Waals surface area contributed by atoms with Gasteiger partial charge in [-0.3, -0.25) is 0 Å². The Balaban J connectivity index is 1.83. The third-order valence-electron chi connectivity index (χ3n) is 3.86. The highest BCUT2D eigenvalue weighted by Gasteiger charge is 2.18. The molecule has 0 saturated carbocycles. The lowest BCUT2D eigenvalue weighted by Crippen LogP contribution is -2.13. The van der Waals surface area contributed by atoms with Crippen molar-refractivity contribution in [2.24, 2.45) is 11.4 Å². The van der Waals surface area contributed by atoms with Crippen LogP contribution < -0.4 is 19.0 Å². The van der Waals surface area contributed by atoms with Crippen molar-refractivity contribution in [3.63, 3.8) is 0 Å². The molecule has 3 aromatic rings. The van der Waals surface area contributed by atoms with Crippen molar-refractivity contribution in [3.05, 3.63) is 41.2 Å². The highest BCUT2D eigenvalue weighted by Crippen LogP contribution is 2.36. The molecule has 2 aromatic carbocycles. The van der Waals surface area contributed by atoms with Gasteiger partial charge in [-0.15, -0.1) is 4.40 Å². The molecule has 0 spiro atoms. The minimum absolute atomic E-state index is 0.111. The van der Waals surface area contributed by atoms with Crippen molar-refractivity contribution < 1.29 is 22.6 Å². The number of fused-ring (bicyclic) bond motifs is 2. The number of rotatable bonds is 3. The normalized spacial score (nSPS) is 14.2. The lowest BCUT2D eigenvalue weighted by molar-refractivity contribution is 0.174. The first-order chi connectivity index (χ1) is 12.0. The van der Waals surface area contributed by atoms with Crippen molar-refractivity contribution in [1.82, 2.24) is 4.57 Å². The molecule has 0 fully saturated rings.